The Hall–Kier alpha value is -0.250. The van der Waals surface area contributed by atoms with Crippen LogP contribution in [0.2, 0.25) is 0 Å². The van der Waals surface area contributed by atoms with E-state index in [4.69, 9.17) is 0 Å². The highest BCUT2D eigenvalue weighted by atomic mass is 19.3. The number of aliphatic hydroxyl groups excluding tert-OH is 1. The molecule has 1 atom stereocenters. The summed E-state index contributed by atoms with van der Waals surface area (Å²) < 4.78 is 43.5. The van der Waals surface area contributed by atoms with Gasteiger partial charge >= 0.3 is 0 Å². The van der Waals surface area contributed by atoms with Crippen LogP contribution in [0.3, 0.4) is 0 Å². The molecule has 1 unspecified atom stereocenters. The van der Waals surface area contributed by atoms with Crippen molar-refractivity contribution in [3.63, 3.8) is 0 Å². The minimum absolute atomic E-state index is 0.557. The molecule has 0 saturated heterocycles. The molecule has 0 radical (unpaired) electrons. The Morgan fingerprint density at radius 3 is 1.61 bits per heavy atom. The van der Waals surface area contributed by atoms with E-state index in [1.807, 2.05) is 0 Å². The van der Waals surface area contributed by atoms with Crippen molar-refractivity contribution in [2.24, 2.45) is 22.7 Å². The van der Waals surface area contributed by atoms with Crippen LogP contribution in [0.25, 0.3) is 0 Å². The Kier molecular flexibility index (Phi) is 3.40. The molecule has 1 N–H and O–H groups in total. The van der Waals surface area contributed by atoms with Crippen LogP contribution in [-0.2, 0) is 0 Å². The number of alkyl halides is 3. The van der Waals surface area contributed by atoms with Gasteiger partial charge in [-0.25, -0.2) is 13.2 Å². The molecule has 0 aromatic rings. The lowest BCUT2D eigenvalue weighted by Gasteiger charge is -2.69. The van der Waals surface area contributed by atoms with Gasteiger partial charge in [0.25, 0.3) is 5.92 Å². The van der Waals surface area contributed by atoms with Crippen molar-refractivity contribution in [2.45, 2.75) is 66.2 Å². The number of hydrogen-bond acceptors (Lipinski definition) is 1. The van der Waals surface area contributed by atoms with Crippen LogP contribution in [0.15, 0.2) is 0 Å². The molecule has 0 bridgehead atoms. The van der Waals surface area contributed by atoms with E-state index in [9.17, 15) is 18.3 Å². The zero-order valence-electron chi connectivity index (χ0n) is 12.3. The maximum absolute atomic E-state index is 14.6. The Morgan fingerprint density at radius 1 is 1.00 bits per heavy atom. The van der Waals surface area contributed by atoms with E-state index in [0.29, 0.717) is 0 Å². The molecular weight excluding hydrogens is 241 g/mol. The van der Waals surface area contributed by atoms with E-state index in [1.54, 1.807) is 13.8 Å². The third-order valence-electron chi connectivity index (χ3n) is 5.27. The molecule has 0 spiro atoms. The van der Waals surface area contributed by atoms with Crippen LogP contribution in [-0.4, -0.2) is 22.8 Å². The summed E-state index contributed by atoms with van der Waals surface area (Å²) in [6.45, 7) is 10.5. The normalized spacial score (nSPS) is 36.3. The van der Waals surface area contributed by atoms with Gasteiger partial charge in [-0.1, -0.05) is 41.5 Å². The lowest BCUT2D eigenvalue weighted by atomic mass is 9.38. The minimum atomic E-state index is -3.28. The fourth-order valence-electron chi connectivity index (χ4n) is 3.77. The van der Waals surface area contributed by atoms with Gasteiger partial charge in [-0.3, -0.25) is 0 Å². The third kappa shape index (κ3) is 1.64. The smallest absolute Gasteiger partial charge is 0.277 e. The van der Waals surface area contributed by atoms with Crippen molar-refractivity contribution < 1.29 is 18.3 Å². The van der Waals surface area contributed by atoms with Gasteiger partial charge in [0.2, 0.25) is 0 Å². The summed E-state index contributed by atoms with van der Waals surface area (Å²) in [6.07, 6.45) is -1.74. The molecule has 108 valence electrons. The maximum atomic E-state index is 14.6. The predicted octanol–water partition coefficient (Wildman–Crippen LogP) is 4.05. The first kappa shape index (κ1) is 15.8. The second-order valence-corrected chi connectivity index (χ2v) is 7.24. The molecule has 1 aliphatic rings. The standard InChI is InChI=1S/C14H25F3O/c1-8(2)9(18)14(16,17)10-11(3,4)13(7,15)12(10,5)6/h8-10,18H,1-7H3. The van der Waals surface area contributed by atoms with Crippen molar-refractivity contribution >= 4 is 0 Å². The Morgan fingerprint density at radius 2 is 1.33 bits per heavy atom. The summed E-state index contributed by atoms with van der Waals surface area (Å²) in [5, 5.41) is 9.75. The van der Waals surface area contributed by atoms with Crippen LogP contribution in [0, 0.1) is 22.7 Å². The van der Waals surface area contributed by atoms with Gasteiger partial charge < -0.3 is 5.11 Å². The fraction of sp³-hybridized carbons (Fsp3) is 1.00. The number of halogens is 3. The van der Waals surface area contributed by atoms with E-state index in [0.717, 1.165) is 0 Å². The van der Waals surface area contributed by atoms with Crippen LogP contribution >= 0.6 is 0 Å². The van der Waals surface area contributed by atoms with Gasteiger partial charge in [-0.05, 0) is 12.8 Å². The van der Waals surface area contributed by atoms with E-state index in [-0.39, 0.29) is 0 Å². The van der Waals surface area contributed by atoms with Crippen molar-refractivity contribution in [2.75, 3.05) is 0 Å². The fourth-order valence-corrected chi connectivity index (χ4v) is 3.77. The van der Waals surface area contributed by atoms with E-state index < -0.39 is 40.4 Å². The summed E-state index contributed by atoms with van der Waals surface area (Å²) in [5.41, 5.74) is -3.99. The first-order valence-corrected chi connectivity index (χ1v) is 6.47. The number of hydrogen-bond donors (Lipinski definition) is 1. The lowest BCUT2D eigenvalue weighted by Crippen LogP contribution is -2.75. The largest absolute Gasteiger partial charge is 0.387 e. The van der Waals surface area contributed by atoms with E-state index >= 15 is 0 Å². The van der Waals surface area contributed by atoms with Crippen LogP contribution in [0.4, 0.5) is 13.2 Å². The minimum Gasteiger partial charge on any atom is -0.387 e. The lowest BCUT2D eigenvalue weighted by molar-refractivity contribution is -0.334. The van der Waals surface area contributed by atoms with E-state index in [1.165, 1.54) is 34.6 Å². The summed E-state index contributed by atoms with van der Waals surface area (Å²) >= 11 is 0. The summed E-state index contributed by atoms with van der Waals surface area (Å²) in [7, 11) is 0. The van der Waals surface area contributed by atoms with Gasteiger partial charge in [0.15, 0.2) is 0 Å². The topological polar surface area (TPSA) is 20.2 Å². The van der Waals surface area contributed by atoms with Crippen LogP contribution in [0.1, 0.15) is 48.5 Å². The molecule has 0 aromatic heterocycles. The van der Waals surface area contributed by atoms with Crippen molar-refractivity contribution in [3.8, 4) is 0 Å². The Labute approximate surface area is 108 Å². The second-order valence-electron chi connectivity index (χ2n) is 7.24. The predicted molar refractivity (Wildman–Crippen MR) is 66.4 cm³/mol. The summed E-state index contributed by atoms with van der Waals surface area (Å²) in [5.74, 6) is -5.02. The molecule has 1 saturated carbocycles. The first-order chi connectivity index (χ1) is 7.72. The number of rotatable bonds is 3. The molecule has 1 rings (SSSR count). The average Bonchev–Trinajstić information content (AvgIpc) is 2.13. The first-order valence-electron chi connectivity index (χ1n) is 6.47. The van der Waals surface area contributed by atoms with Crippen LogP contribution in [0.5, 0.6) is 0 Å². The molecule has 1 fully saturated rings. The molecule has 1 aliphatic carbocycles. The summed E-state index contributed by atoms with van der Waals surface area (Å²) in [4.78, 5) is 0. The van der Waals surface area contributed by atoms with Crippen molar-refractivity contribution in [1.29, 1.82) is 0 Å². The van der Waals surface area contributed by atoms with Gasteiger partial charge in [-0.2, -0.15) is 0 Å². The molecular formula is C14H25F3O. The molecule has 4 heteroatoms. The van der Waals surface area contributed by atoms with Gasteiger partial charge in [0.05, 0.1) is 0 Å². The van der Waals surface area contributed by atoms with Gasteiger partial charge in [0, 0.05) is 16.7 Å². The van der Waals surface area contributed by atoms with Gasteiger partial charge in [0.1, 0.15) is 11.8 Å². The van der Waals surface area contributed by atoms with Crippen molar-refractivity contribution in [1.82, 2.24) is 0 Å². The van der Waals surface area contributed by atoms with Gasteiger partial charge in [-0.15, -0.1) is 0 Å². The highest BCUT2D eigenvalue weighted by molar-refractivity contribution is 5.22. The Bertz CT molecular complexity index is 314. The second kappa shape index (κ2) is 3.87. The van der Waals surface area contributed by atoms with Crippen molar-refractivity contribution in [3.05, 3.63) is 0 Å². The zero-order chi connectivity index (χ0) is 14.7. The summed E-state index contributed by atoms with van der Waals surface area (Å²) in [6, 6.07) is 0. The molecule has 0 aromatic carbocycles. The molecule has 1 nitrogen and oxygen atoms in total. The average molecular weight is 266 g/mol. The molecule has 0 amide bonds. The quantitative estimate of drug-likeness (QED) is 0.817. The Balaban J connectivity index is 3.19. The highest BCUT2D eigenvalue weighted by Crippen LogP contribution is 2.72. The molecule has 0 aliphatic heterocycles. The molecule has 18 heavy (non-hydrogen) atoms. The number of aliphatic hydroxyl groups is 1. The maximum Gasteiger partial charge on any atom is 0.277 e. The highest BCUT2D eigenvalue weighted by Gasteiger charge is 2.78. The van der Waals surface area contributed by atoms with E-state index in [2.05, 4.69) is 0 Å². The monoisotopic (exact) mass is 266 g/mol. The SMILES string of the molecule is CC(C)C(O)C(F)(F)C1C(C)(C)C(C)(F)C1(C)C. The third-order valence-corrected chi connectivity index (χ3v) is 5.27. The molecule has 0 heterocycles. The zero-order valence-corrected chi connectivity index (χ0v) is 12.3. The van der Waals surface area contributed by atoms with Crippen LogP contribution < -0.4 is 0 Å².